The molecule has 4 aliphatic heterocycles. The third-order valence-corrected chi connectivity index (χ3v) is 16.0. The second-order valence-electron chi connectivity index (χ2n) is 21.0. The summed E-state index contributed by atoms with van der Waals surface area (Å²) in [7, 11) is 0. The standard InChI is InChI=1S/C46H58O18/c1-19(2)28(49)27-29-40(11,30(24-13-14-55-16-24)58-33(50)20(3)4)31(59-34(51)21(5)6)32(60-35(52)22(7)8)46-42-18-56-26(48)15-25(42)39(10)17-43(42)44(54,37(39)57-23(9)47)38(61-36(27)53)45(29,46)63-41(12,62-43)64-46/h13-14,16,19-22,25,29-32,37-38,49,54H,15,17-18H2,1-12H3/b28-27-/t25-,29?,30-,31-,32+,37-,38+,39-,40+,41?,42+,43+,44-,45+,46-/m0/s1. The number of ether oxygens (including phenoxy) is 9. The first-order valence-corrected chi connectivity index (χ1v) is 22.2. The Labute approximate surface area is 369 Å². The first-order valence-electron chi connectivity index (χ1n) is 22.2. The number of allylic oxidation sites excluding steroid dienone is 1. The van der Waals surface area contributed by atoms with Crippen LogP contribution in [-0.2, 0) is 71.4 Å². The SMILES string of the molecule is CC(=O)O[C@H]1[C@@]2(C)C[C@]34OC5(C)O[C@@]6([C@H](OC(=O)C(C)C)[C@H](OC(=O)C(C)C)[C@@](C)([C@@H](OC(=O)C(C)C)c7ccoc7)C7/C(=C(/O)C(C)C)C(=O)O[C@H]([C@@]13O)[C@]76O5)[C@@]41COC(=O)C[C@@H]21. The first-order chi connectivity index (χ1) is 29.7. The van der Waals surface area contributed by atoms with Crippen LogP contribution in [0, 0.1) is 51.8 Å². The monoisotopic (exact) mass is 898 g/mol. The first kappa shape index (κ1) is 44.7. The quantitative estimate of drug-likeness (QED) is 0.144. The number of esters is 6. The lowest BCUT2D eigenvalue weighted by Crippen LogP contribution is -2.99. The number of furan rings is 1. The van der Waals surface area contributed by atoms with Gasteiger partial charge in [0.2, 0.25) is 0 Å². The van der Waals surface area contributed by atoms with Gasteiger partial charge in [0, 0.05) is 43.1 Å². The van der Waals surface area contributed by atoms with Crippen molar-refractivity contribution >= 4 is 35.8 Å². The predicted octanol–water partition coefficient (Wildman–Crippen LogP) is 4.30. The van der Waals surface area contributed by atoms with Crippen molar-refractivity contribution in [2.24, 2.45) is 51.8 Å². The van der Waals surface area contributed by atoms with E-state index in [4.69, 9.17) is 47.0 Å². The lowest BCUT2D eigenvalue weighted by molar-refractivity contribution is -0.499. The van der Waals surface area contributed by atoms with Crippen LogP contribution in [-0.4, -0.2) is 105 Å². The van der Waals surface area contributed by atoms with Gasteiger partial charge in [0.1, 0.15) is 30.2 Å². The molecule has 5 heterocycles. The molecule has 9 rings (SSSR count). The van der Waals surface area contributed by atoms with Gasteiger partial charge >= 0.3 is 35.8 Å². The van der Waals surface area contributed by atoms with Gasteiger partial charge in [-0.05, 0) is 18.4 Å². The third-order valence-electron chi connectivity index (χ3n) is 16.0. The van der Waals surface area contributed by atoms with Crippen molar-refractivity contribution in [3.8, 4) is 0 Å². The fourth-order valence-electron chi connectivity index (χ4n) is 14.0. The van der Waals surface area contributed by atoms with Crippen LogP contribution < -0.4 is 0 Å². The lowest BCUT2D eigenvalue weighted by Gasteiger charge is -2.79. The number of aliphatic hydroxyl groups excluding tert-OH is 1. The van der Waals surface area contributed by atoms with Crippen LogP contribution in [0.1, 0.15) is 108 Å². The highest BCUT2D eigenvalue weighted by molar-refractivity contribution is 5.93. The van der Waals surface area contributed by atoms with Gasteiger partial charge in [0.15, 0.2) is 35.1 Å². The molecule has 1 aromatic heterocycles. The van der Waals surface area contributed by atoms with Crippen molar-refractivity contribution in [1.82, 2.24) is 0 Å². The van der Waals surface area contributed by atoms with E-state index in [0.29, 0.717) is 0 Å². The number of carbonyl (C=O) groups excluding carboxylic acids is 6. The number of hydrogen-bond donors (Lipinski definition) is 2. The highest BCUT2D eigenvalue weighted by Gasteiger charge is 3.08. The normalized spacial score (nSPS) is 45.5. The van der Waals surface area contributed by atoms with Crippen LogP contribution in [0.4, 0.5) is 0 Å². The lowest BCUT2D eigenvalue weighted by atomic mass is 9.31. The molecule has 4 saturated heterocycles. The zero-order valence-electron chi connectivity index (χ0n) is 38.1. The number of aliphatic hydroxyl groups is 2. The summed E-state index contributed by atoms with van der Waals surface area (Å²) in [6, 6.07) is 1.51. The van der Waals surface area contributed by atoms with E-state index in [1.807, 2.05) is 0 Å². The summed E-state index contributed by atoms with van der Waals surface area (Å²) in [6.45, 7) is 18.2. The summed E-state index contributed by atoms with van der Waals surface area (Å²) in [5, 5.41) is 26.7. The fourth-order valence-corrected chi connectivity index (χ4v) is 14.0. The maximum absolute atomic E-state index is 15.4. The summed E-state index contributed by atoms with van der Waals surface area (Å²) in [5.41, 5.74) is -14.9. The van der Waals surface area contributed by atoms with Gasteiger partial charge in [-0.2, -0.15) is 0 Å². The van der Waals surface area contributed by atoms with E-state index < -0.39 is 164 Å². The highest BCUT2D eigenvalue weighted by atomic mass is 16.9. The topological polar surface area (TPSA) is 239 Å². The minimum atomic E-state index is -2.57. The smallest absolute Gasteiger partial charge is 0.338 e. The minimum Gasteiger partial charge on any atom is -0.511 e. The molecule has 1 aromatic rings. The van der Waals surface area contributed by atoms with E-state index >= 15 is 4.79 Å². The summed E-state index contributed by atoms with van der Waals surface area (Å²) >= 11 is 0. The Balaban J connectivity index is 1.51. The Morgan fingerprint density at radius 3 is 2.02 bits per heavy atom. The summed E-state index contributed by atoms with van der Waals surface area (Å²) in [4.78, 5) is 85.7. The Kier molecular flexibility index (Phi) is 9.45. The Hall–Kier alpha value is -4.52. The molecule has 4 saturated carbocycles. The molecule has 0 aromatic carbocycles. The average Bonchev–Trinajstić information content (AvgIpc) is 3.91. The molecule has 4 bridgehead atoms. The van der Waals surface area contributed by atoms with E-state index in [-0.39, 0.29) is 18.4 Å². The van der Waals surface area contributed by atoms with Crippen molar-refractivity contribution in [1.29, 1.82) is 0 Å². The maximum Gasteiger partial charge on any atom is 0.338 e. The van der Waals surface area contributed by atoms with Crippen LogP contribution in [0.2, 0.25) is 0 Å². The molecule has 350 valence electrons. The molecule has 8 fully saturated rings. The van der Waals surface area contributed by atoms with Gasteiger partial charge in [0.05, 0.1) is 46.7 Å². The largest absolute Gasteiger partial charge is 0.511 e. The zero-order chi connectivity index (χ0) is 46.9. The van der Waals surface area contributed by atoms with Crippen LogP contribution in [0.25, 0.3) is 0 Å². The van der Waals surface area contributed by atoms with E-state index in [1.165, 1.54) is 25.5 Å². The summed E-state index contributed by atoms with van der Waals surface area (Å²) in [6.07, 6.45) is -6.61. The molecule has 2 unspecified atom stereocenters. The molecule has 8 aliphatic rings. The summed E-state index contributed by atoms with van der Waals surface area (Å²) in [5.74, 6) is -13.6. The maximum atomic E-state index is 15.4. The van der Waals surface area contributed by atoms with Crippen molar-refractivity contribution in [3.63, 3.8) is 0 Å². The highest BCUT2D eigenvalue weighted by Crippen LogP contribution is 2.91. The van der Waals surface area contributed by atoms with Crippen molar-refractivity contribution < 1.29 is 86.0 Å². The molecule has 2 N–H and O–H groups in total. The number of cyclic esters (lactones) is 1. The average molecular weight is 899 g/mol. The minimum absolute atomic E-state index is 0.142. The van der Waals surface area contributed by atoms with E-state index in [1.54, 1.807) is 69.2 Å². The van der Waals surface area contributed by atoms with E-state index in [0.717, 1.165) is 6.92 Å². The fraction of sp³-hybridized carbons (Fsp3) is 0.739. The van der Waals surface area contributed by atoms with Gasteiger partial charge < -0.3 is 57.3 Å². The Bertz CT molecular complexity index is 2260. The van der Waals surface area contributed by atoms with E-state index in [9.17, 15) is 34.2 Å². The van der Waals surface area contributed by atoms with Gasteiger partial charge in [-0.3, -0.25) is 24.0 Å². The zero-order valence-corrected chi connectivity index (χ0v) is 38.1. The number of rotatable bonds is 10. The molecule has 18 heteroatoms. The van der Waals surface area contributed by atoms with Gasteiger partial charge in [-0.25, -0.2) is 4.79 Å². The van der Waals surface area contributed by atoms with Crippen LogP contribution >= 0.6 is 0 Å². The Morgan fingerprint density at radius 2 is 1.45 bits per heavy atom. The molecule has 4 spiro atoms. The van der Waals surface area contributed by atoms with Crippen LogP contribution in [0.5, 0.6) is 0 Å². The van der Waals surface area contributed by atoms with Gasteiger partial charge in [-0.15, -0.1) is 0 Å². The molecule has 0 amide bonds. The predicted molar refractivity (Wildman–Crippen MR) is 212 cm³/mol. The van der Waals surface area contributed by atoms with Gasteiger partial charge in [0.25, 0.3) is 5.97 Å². The molecule has 64 heavy (non-hydrogen) atoms. The number of fused-ring (bicyclic) bond motifs is 4. The van der Waals surface area contributed by atoms with Crippen LogP contribution in [0.15, 0.2) is 34.3 Å². The number of hydrogen-bond acceptors (Lipinski definition) is 18. The molecule has 15 atom stereocenters. The molecule has 18 nitrogen and oxygen atoms in total. The van der Waals surface area contributed by atoms with Crippen LogP contribution in [0.3, 0.4) is 0 Å². The summed E-state index contributed by atoms with van der Waals surface area (Å²) < 4.78 is 66.3. The second-order valence-corrected chi connectivity index (χ2v) is 21.0. The molecular weight excluding hydrogens is 840 g/mol. The third kappa shape index (κ3) is 4.85. The Morgan fingerprint density at radius 1 is 0.828 bits per heavy atom. The van der Waals surface area contributed by atoms with Crippen molar-refractivity contribution in [3.05, 3.63) is 35.5 Å². The van der Waals surface area contributed by atoms with Gasteiger partial charge in [-0.1, -0.05) is 69.2 Å². The second kappa shape index (κ2) is 13.5. The van der Waals surface area contributed by atoms with Crippen molar-refractivity contribution in [2.75, 3.05) is 6.61 Å². The molecule has 4 aliphatic carbocycles. The van der Waals surface area contributed by atoms with Crippen molar-refractivity contribution in [2.45, 2.75) is 155 Å². The molecular formula is C46H58O18. The van der Waals surface area contributed by atoms with E-state index in [2.05, 4.69) is 0 Å². The molecule has 0 radical (unpaired) electrons. The number of carbonyl (C=O) groups is 6.